The van der Waals surface area contributed by atoms with Gasteiger partial charge in [-0.3, -0.25) is 9.59 Å². The van der Waals surface area contributed by atoms with Crippen LogP contribution in [0.15, 0.2) is 30.3 Å². The van der Waals surface area contributed by atoms with Gasteiger partial charge in [-0.05, 0) is 12.1 Å². The Bertz CT molecular complexity index is 404. The van der Waals surface area contributed by atoms with E-state index in [1.54, 1.807) is 30.3 Å². The van der Waals surface area contributed by atoms with Crippen LogP contribution in [0.1, 0.15) is 10.4 Å². The van der Waals surface area contributed by atoms with Crippen LogP contribution in [0.3, 0.4) is 0 Å². The summed E-state index contributed by atoms with van der Waals surface area (Å²) in [5.74, 6) is -1.12. The minimum absolute atomic E-state index is 0.111. The Morgan fingerprint density at radius 2 is 1.65 bits per heavy atom. The van der Waals surface area contributed by atoms with Gasteiger partial charge in [0.15, 0.2) is 0 Å². The highest BCUT2D eigenvalue weighted by Gasteiger charge is 2.30. The van der Waals surface area contributed by atoms with Crippen molar-refractivity contribution >= 4 is 46.6 Å². The van der Waals surface area contributed by atoms with E-state index in [1.807, 2.05) is 0 Å². The molecule has 2 N–H and O–H groups in total. The van der Waals surface area contributed by atoms with Crippen LogP contribution in [0.2, 0.25) is 0 Å². The minimum atomic E-state index is -2.03. The molecule has 0 heterocycles. The fourth-order valence-electron chi connectivity index (χ4n) is 0.997. The Labute approximate surface area is 113 Å². The normalized spacial score (nSPS) is 10.8. The Kier molecular flexibility index (Phi) is 5.05. The minimum Gasteiger partial charge on any atom is -0.335 e. The first-order valence-corrected chi connectivity index (χ1v) is 5.73. The molecular weight excluding hydrogens is 286 g/mol. The first-order valence-electron chi connectivity index (χ1n) is 4.59. The second-order valence-electron chi connectivity index (χ2n) is 3.05. The summed E-state index contributed by atoms with van der Waals surface area (Å²) < 4.78 is -2.03. The highest BCUT2D eigenvalue weighted by Crippen LogP contribution is 2.25. The molecule has 0 spiro atoms. The summed E-state index contributed by atoms with van der Waals surface area (Å²) in [6.07, 6.45) is 0. The zero-order valence-corrected chi connectivity index (χ0v) is 10.8. The molecule has 0 radical (unpaired) electrons. The van der Waals surface area contributed by atoms with Crippen LogP contribution in [0.25, 0.3) is 0 Å². The molecule has 0 aromatic heterocycles. The Morgan fingerprint density at radius 1 is 1.06 bits per heavy atom. The zero-order chi connectivity index (χ0) is 12.9. The molecule has 0 bridgehead atoms. The van der Waals surface area contributed by atoms with E-state index in [4.69, 9.17) is 34.8 Å². The van der Waals surface area contributed by atoms with Crippen molar-refractivity contribution in [2.45, 2.75) is 3.79 Å². The lowest BCUT2D eigenvalue weighted by Crippen LogP contribution is -2.42. The molecule has 1 rings (SSSR count). The molecule has 1 aromatic carbocycles. The predicted octanol–water partition coefficient (Wildman–Crippen LogP) is 1.86. The van der Waals surface area contributed by atoms with Gasteiger partial charge >= 0.3 is 0 Å². The molecule has 7 heteroatoms. The number of alkyl halides is 3. The number of hydrogen-bond acceptors (Lipinski definition) is 2. The van der Waals surface area contributed by atoms with Crippen molar-refractivity contribution < 1.29 is 9.59 Å². The lowest BCUT2D eigenvalue weighted by atomic mass is 10.2. The third-order valence-corrected chi connectivity index (χ3v) is 2.31. The van der Waals surface area contributed by atoms with Gasteiger partial charge in [-0.25, -0.2) is 0 Å². The topological polar surface area (TPSA) is 58.2 Å². The van der Waals surface area contributed by atoms with Crippen molar-refractivity contribution in [2.75, 3.05) is 6.67 Å². The fourth-order valence-corrected chi connectivity index (χ4v) is 1.20. The van der Waals surface area contributed by atoms with Crippen molar-refractivity contribution in [3.63, 3.8) is 0 Å². The molecule has 0 unspecified atom stereocenters. The van der Waals surface area contributed by atoms with E-state index in [-0.39, 0.29) is 12.6 Å². The van der Waals surface area contributed by atoms with Crippen molar-refractivity contribution in [3.8, 4) is 0 Å². The second kappa shape index (κ2) is 6.10. The Morgan fingerprint density at radius 3 is 2.18 bits per heavy atom. The molecule has 0 aliphatic rings. The van der Waals surface area contributed by atoms with E-state index in [2.05, 4.69) is 10.6 Å². The van der Waals surface area contributed by atoms with E-state index in [0.29, 0.717) is 5.56 Å². The highest BCUT2D eigenvalue weighted by atomic mass is 35.6. The van der Waals surface area contributed by atoms with Crippen molar-refractivity contribution in [1.82, 2.24) is 10.6 Å². The van der Waals surface area contributed by atoms with Crippen LogP contribution < -0.4 is 10.6 Å². The maximum Gasteiger partial charge on any atom is 0.273 e. The van der Waals surface area contributed by atoms with E-state index in [1.165, 1.54) is 0 Å². The van der Waals surface area contributed by atoms with Crippen molar-refractivity contribution in [3.05, 3.63) is 35.9 Å². The molecule has 17 heavy (non-hydrogen) atoms. The second-order valence-corrected chi connectivity index (χ2v) is 5.33. The van der Waals surface area contributed by atoms with Crippen LogP contribution in [0, 0.1) is 0 Å². The third-order valence-electron chi connectivity index (χ3n) is 1.79. The standard InChI is InChI=1S/C10H9Cl3N2O2/c11-10(12,13)9(17)15-6-14-8(16)7-4-2-1-3-5-7/h1-5H,6H2,(H,14,16)(H,15,17). The van der Waals surface area contributed by atoms with Crippen LogP contribution >= 0.6 is 34.8 Å². The van der Waals surface area contributed by atoms with Gasteiger partial charge in [0.1, 0.15) is 0 Å². The maximum absolute atomic E-state index is 11.5. The molecule has 0 saturated carbocycles. The monoisotopic (exact) mass is 294 g/mol. The summed E-state index contributed by atoms with van der Waals surface area (Å²) in [7, 11) is 0. The third kappa shape index (κ3) is 4.81. The molecule has 0 saturated heterocycles. The number of hydrogen-bond donors (Lipinski definition) is 2. The van der Waals surface area contributed by atoms with E-state index in [0.717, 1.165) is 0 Å². The Hall–Kier alpha value is -0.970. The summed E-state index contributed by atoms with van der Waals surface area (Å²) in [5, 5.41) is 4.71. The number of nitrogens with one attached hydrogen (secondary N) is 2. The molecule has 0 aliphatic heterocycles. The van der Waals surface area contributed by atoms with E-state index < -0.39 is 9.70 Å². The van der Waals surface area contributed by atoms with Gasteiger partial charge in [0.05, 0.1) is 6.67 Å². The number of carbonyl (C=O) groups excluding carboxylic acids is 2. The molecule has 0 fully saturated rings. The van der Waals surface area contributed by atoms with E-state index >= 15 is 0 Å². The summed E-state index contributed by atoms with van der Waals surface area (Å²) in [5.41, 5.74) is 0.482. The maximum atomic E-state index is 11.5. The smallest absolute Gasteiger partial charge is 0.273 e. The molecule has 0 aliphatic carbocycles. The molecule has 2 amide bonds. The molecule has 0 atom stereocenters. The number of benzene rings is 1. The fraction of sp³-hybridized carbons (Fsp3) is 0.200. The van der Waals surface area contributed by atoms with Gasteiger partial charge in [0, 0.05) is 5.56 Å². The number of amides is 2. The van der Waals surface area contributed by atoms with Gasteiger partial charge in [-0.1, -0.05) is 53.0 Å². The lowest BCUT2D eigenvalue weighted by Gasteiger charge is -2.11. The summed E-state index contributed by atoms with van der Waals surface area (Å²) in [6.45, 7) is -0.111. The van der Waals surface area contributed by atoms with Gasteiger partial charge in [0.2, 0.25) is 0 Å². The summed E-state index contributed by atoms with van der Waals surface area (Å²) in [4.78, 5) is 22.6. The van der Waals surface area contributed by atoms with Crippen LogP contribution in [0.5, 0.6) is 0 Å². The highest BCUT2D eigenvalue weighted by molar-refractivity contribution is 6.76. The molecule has 4 nitrogen and oxygen atoms in total. The quantitative estimate of drug-likeness (QED) is 0.660. The summed E-state index contributed by atoms with van der Waals surface area (Å²) in [6, 6.07) is 8.54. The largest absolute Gasteiger partial charge is 0.335 e. The summed E-state index contributed by atoms with van der Waals surface area (Å²) >= 11 is 16.0. The SMILES string of the molecule is O=C(NCNC(=O)C(Cl)(Cl)Cl)c1ccccc1. The van der Waals surface area contributed by atoms with Crippen LogP contribution in [0.4, 0.5) is 0 Å². The van der Waals surface area contributed by atoms with Gasteiger partial charge in [0.25, 0.3) is 15.6 Å². The van der Waals surface area contributed by atoms with Gasteiger partial charge in [-0.15, -0.1) is 0 Å². The average Bonchev–Trinajstić information content (AvgIpc) is 2.28. The van der Waals surface area contributed by atoms with Crippen molar-refractivity contribution in [1.29, 1.82) is 0 Å². The Balaban J connectivity index is 2.38. The van der Waals surface area contributed by atoms with Crippen molar-refractivity contribution in [2.24, 2.45) is 0 Å². The van der Waals surface area contributed by atoms with Crippen LogP contribution in [-0.2, 0) is 4.79 Å². The number of rotatable bonds is 3. The first-order chi connectivity index (χ1) is 7.91. The molecular formula is C10H9Cl3N2O2. The zero-order valence-electron chi connectivity index (χ0n) is 8.54. The number of carbonyl (C=O) groups is 2. The predicted molar refractivity (Wildman–Crippen MR) is 67.2 cm³/mol. The lowest BCUT2D eigenvalue weighted by molar-refractivity contribution is -0.120. The van der Waals surface area contributed by atoms with E-state index in [9.17, 15) is 9.59 Å². The molecule has 1 aromatic rings. The van der Waals surface area contributed by atoms with Gasteiger partial charge in [-0.2, -0.15) is 0 Å². The average molecular weight is 296 g/mol. The molecule has 92 valence electrons. The van der Waals surface area contributed by atoms with Gasteiger partial charge < -0.3 is 10.6 Å². The first kappa shape index (κ1) is 14.1. The van der Waals surface area contributed by atoms with Crippen LogP contribution in [-0.4, -0.2) is 22.3 Å². The number of halogens is 3.